The molecule has 5 nitrogen and oxygen atoms in total. The molecule has 0 fully saturated rings. The molecule has 0 amide bonds. The molecule has 1 aromatic heterocycles. The van der Waals surface area contributed by atoms with Crippen molar-refractivity contribution in [2.45, 2.75) is 32.8 Å². The van der Waals surface area contributed by atoms with Gasteiger partial charge in [0.2, 0.25) is 0 Å². The van der Waals surface area contributed by atoms with Crippen LogP contribution in [0.3, 0.4) is 0 Å². The maximum absolute atomic E-state index is 10.5. The highest BCUT2D eigenvalue weighted by Crippen LogP contribution is 2.24. The van der Waals surface area contributed by atoms with Crippen molar-refractivity contribution < 1.29 is 5.11 Å². The van der Waals surface area contributed by atoms with Gasteiger partial charge in [-0.2, -0.15) is 10.4 Å². The Kier molecular flexibility index (Phi) is 4.74. The van der Waals surface area contributed by atoms with Gasteiger partial charge in [-0.1, -0.05) is 30.3 Å². The SMILES string of the molecule is Cc1nnc(NCCC(C)(O)c2ccccc2)c(C#N)c1C. The molecule has 0 saturated heterocycles. The fourth-order valence-electron chi connectivity index (χ4n) is 2.23. The van der Waals surface area contributed by atoms with E-state index in [4.69, 9.17) is 0 Å². The van der Waals surface area contributed by atoms with E-state index >= 15 is 0 Å². The molecule has 0 aliphatic rings. The van der Waals surface area contributed by atoms with Crippen molar-refractivity contribution >= 4 is 5.82 Å². The van der Waals surface area contributed by atoms with Crippen molar-refractivity contribution in [3.05, 3.63) is 52.7 Å². The first-order valence-corrected chi connectivity index (χ1v) is 7.21. The van der Waals surface area contributed by atoms with Crippen LogP contribution in [-0.4, -0.2) is 21.8 Å². The van der Waals surface area contributed by atoms with Crippen molar-refractivity contribution in [2.24, 2.45) is 0 Å². The van der Waals surface area contributed by atoms with Crippen LogP contribution in [0, 0.1) is 25.2 Å². The first-order chi connectivity index (χ1) is 10.5. The van der Waals surface area contributed by atoms with Crippen molar-refractivity contribution in [1.82, 2.24) is 10.2 Å². The number of nitrogens with one attached hydrogen (secondary N) is 1. The van der Waals surface area contributed by atoms with Crippen LogP contribution in [0.2, 0.25) is 0 Å². The van der Waals surface area contributed by atoms with Crippen LogP contribution in [0.5, 0.6) is 0 Å². The monoisotopic (exact) mass is 296 g/mol. The second-order valence-electron chi connectivity index (χ2n) is 5.56. The Morgan fingerprint density at radius 2 is 1.91 bits per heavy atom. The second-order valence-corrected chi connectivity index (χ2v) is 5.56. The number of nitriles is 1. The smallest absolute Gasteiger partial charge is 0.166 e. The molecule has 1 atom stereocenters. The predicted molar refractivity (Wildman–Crippen MR) is 85.3 cm³/mol. The number of anilines is 1. The lowest BCUT2D eigenvalue weighted by Crippen LogP contribution is -2.25. The summed E-state index contributed by atoms with van der Waals surface area (Å²) >= 11 is 0. The summed E-state index contributed by atoms with van der Waals surface area (Å²) in [7, 11) is 0. The minimum atomic E-state index is -0.936. The van der Waals surface area contributed by atoms with Crippen LogP contribution in [0.25, 0.3) is 0 Å². The van der Waals surface area contributed by atoms with E-state index in [1.807, 2.05) is 44.2 Å². The van der Waals surface area contributed by atoms with E-state index in [-0.39, 0.29) is 0 Å². The predicted octanol–water partition coefficient (Wildman–Crippen LogP) is 2.67. The zero-order chi connectivity index (χ0) is 16.2. The molecule has 2 rings (SSSR count). The molecule has 5 heteroatoms. The van der Waals surface area contributed by atoms with Crippen LogP contribution >= 0.6 is 0 Å². The Balaban J connectivity index is 2.06. The van der Waals surface area contributed by atoms with Gasteiger partial charge >= 0.3 is 0 Å². The Labute approximate surface area is 130 Å². The summed E-state index contributed by atoms with van der Waals surface area (Å²) in [6.45, 7) is 5.95. The molecule has 1 heterocycles. The molecular weight excluding hydrogens is 276 g/mol. The molecule has 0 saturated carbocycles. The van der Waals surface area contributed by atoms with Crippen molar-refractivity contribution in [3.63, 3.8) is 0 Å². The Bertz CT molecular complexity index is 690. The lowest BCUT2D eigenvalue weighted by molar-refractivity contribution is 0.0515. The quantitative estimate of drug-likeness (QED) is 0.886. The van der Waals surface area contributed by atoms with Gasteiger partial charge in [-0.25, -0.2) is 0 Å². The summed E-state index contributed by atoms with van der Waals surface area (Å²) in [4.78, 5) is 0. The number of hydrogen-bond acceptors (Lipinski definition) is 5. The van der Waals surface area contributed by atoms with Gasteiger partial charge in [0.05, 0.1) is 11.3 Å². The number of hydrogen-bond donors (Lipinski definition) is 2. The third-order valence-corrected chi connectivity index (χ3v) is 3.87. The van der Waals surface area contributed by atoms with Crippen molar-refractivity contribution in [1.29, 1.82) is 5.26 Å². The number of aliphatic hydroxyl groups is 1. The number of nitrogens with zero attached hydrogens (tertiary/aromatic N) is 3. The lowest BCUT2D eigenvalue weighted by Gasteiger charge is -2.24. The van der Waals surface area contributed by atoms with Gasteiger partial charge in [-0.15, -0.1) is 5.10 Å². The zero-order valence-electron chi connectivity index (χ0n) is 13.1. The van der Waals surface area contributed by atoms with Gasteiger partial charge in [-0.05, 0) is 38.3 Å². The first kappa shape index (κ1) is 15.9. The average molecular weight is 296 g/mol. The second kappa shape index (κ2) is 6.54. The van der Waals surface area contributed by atoms with E-state index in [0.717, 1.165) is 16.8 Å². The summed E-state index contributed by atoms with van der Waals surface area (Å²) in [5.41, 5.74) is 2.01. The molecule has 0 spiro atoms. The minimum Gasteiger partial charge on any atom is -0.385 e. The highest BCUT2D eigenvalue weighted by atomic mass is 16.3. The third-order valence-electron chi connectivity index (χ3n) is 3.87. The third kappa shape index (κ3) is 3.41. The number of aryl methyl sites for hydroxylation is 1. The molecule has 22 heavy (non-hydrogen) atoms. The maximum atomic E-state index is 10.5. The molecule has 2 N–H and O–H groups in total. The van der Waals surface area contributed by atoms with Crippen LogP contribution in [0.4, 0.5) is 5.82 Å². The molecule has 114 valence electrons. The molecule has 0 bridgehead atoms. The zero-order valence-corrected chi connectivity index (χ0v) is 13.1. The first-order valence-electron chi connectivity index (χ1n) is 7.21. The van der Waals surface area contributed by atoms with E-state index < -0.39 is 5.60 Å². The van der Waals surface area contributed by atoms with E-state index in [9.17, 15) is 10.4 Å². The van der Waals surface area contributed by atoms with E-state index in [1.165, 1.54) is 0 Å². The molecule has 0 aliphatic carbocycles. The van der Waals surface area contributed by atoms with Gasteiger partial charge < -0.3 is 10.4 Å². The summed E-state index contributed by atoms with van der Waals surface area (Å²) in [6, 6.07) is 11.7. The Morgan fingerprint density at radius 3 is 2.55 bits per heavy atom. The topological polar surface area (TPSA) is 81.8 Å². The summed E-state index contributed by atoms with van der Waals surface area (Å²) in [5, 5.41) is 31.0. The average Bonchev–Trinajstić information content (AvgIpc) is 2.52. The minimum absolute atomic E-state index is 0.467. The van der Waals surface area contributed by atoms with Gasteiger partial charge in [0.15, 0.2) is 5.82 Å². The summed E-state index contributed by atoms with van der Waals surface area (Å²) in [6.07, 6.45) is 0.497. The van der Waals surface area contributed by atoms with Crippen LogP contribution < -0.4 is 5.32 Å². The Morgan fingerprint density at radius 1 is 1.23 bits per heavy atom. The van der Waals surface area contributed by atoms with Crippen molar-refractivity contribution in [2.75, 3.05) is 11.9 Å². The van der Waals surface area contributed by atoms with Crippen LogP contribution in [-0.2, 0) is 5.60 Å². The molecule has 1 aromatic carbocycles. The van der Waals surface area contributed by atoms with E-state index in [2.05, 4.69) is 21.6 Å². The fourth-order valence-corrected chi connectivity index (χ4v) is 2.23. The fraction of sp³-hybridized carbons (Fsp3) is 0.353. The molecule has 2 aromatic rings. The highest BCUT2D eigenvalue weighted by Gasteiger charge is 2.22. The molecular formula is C17H20N4O. The van der Waals surface area contributed by atoms with Gasteiger partial charge in [-0.3, -0.25) is 0 Å². The number of rotatable bonds is 5. The number of aromatic nitrogens is 2. The Hall–Kier alpha value is -2.45. The molecule has 0 radical (unpaired) electrons. The normalized spacial score (nSPS) is 13.2. The van der Waals surface area contributed by atoms with E-state index in [1.54, 1.807) is 6.92 Å². The molecule has 0 aliphatic heterocycles. The standard InChI is InChI=1S/C17H20N4O/c1-12-13(2)20-21-16(15(12)11-18)19-10-9-17(3,22)14-7-5-4-6-8-14/h4-8,22H,9-10H2,1-3H3,(H,19,21). The van der Waals surface area contributed by atoms with Crippen LogP contribution in [0.1, 0.15) is 35.7 Å². The van der Waals surface area contributed by atoms with Gasteiger partial charge in [0.25, 0.3) is 0 Å². The largest absolute Gasteiger partial charge is 0.385 e. The van der Waals surface area contributed by atoms with Crippen molar-refractivity contribution in [3.8, 4) is 6.07 Å². The number of benzene rings is 1. The summed E-state index contributed by atoms with van der Waals surface area (Å²) < 4.78 is 0. The van der Waals surface area contributed by atoms with Gasteiger partial charge in [0, 0.05) is 6.54 Å². The maximum Gasteiger partial charge on any atom is 0.166 e. The lowest BCUT2D eigenvalue weighted by atomic mass is 9.92. The highest BCUT2D eigenvalue weighted by molar-refractivity contribution is 5.55. The molecule has 1 unspecified atom stereocenters. The van der Waals surface area contributed by atoms with E-state index in [0.29, 0.717) is 24.3 Å². The summed E-state index contributed by atoms with van der Waals surface area (Å²) in [5.74, 6) is 0.467. The van der Waals surface area contributed by atoms with Gasteiger partial charge in [0.1, 0.15) is 11.6 Å². The van der Waals surface area contributed by atoms with Crippen LogP contribution in [0.15, 0.2) is 30.3 Å².